The number of carbonyl (C=O) groups excluding carboxylic acids is 2. The van der Waals surface area contributed by atoms with Crippen molar-refractivity contribution in [3.63, 3.8) is 0 Å². The molecule has 2 amide bonds. The average Bonchev–Trinajstić information content (AvgIpc) is 3.27. The zero-order chi connectivity index (χ0) is 22.1. The Morgan fingerprint density at radius 2 is 2.00 bits per heavy atom. The van der Waals surface area contributed by atoms with Crippen LogP contribution in [0.4, 0.5) is 4.39 Å². The molecule has 1 aliphatic carbocycles. The van der Waals surface area contributed by atoms with Crippen LogP contribution in [-0.4, -0.2) is 47.4 Å². The molecule has 0 saturated heterocycles. The number of rotatable bonds is 7. The van der Waals surface area contributed by atoms with Crippen LogP contribution in [0.25, 0.3) is 0 Å². The third-order valence-electron chi connectivity index (χ3n) is 5.91. The summed E-state index contributed by atoms with van der Waals surface area (Å²) in [6, 6.07) is 11.6. The molecule has 0 radical (unpaired) electrons. The van der Waals surface area contributed by atoms with E-state index in [9.17, 15) is 14.0 Å². The maximum absolute atomic E-state index is 13.6. The molecule has 5 nitrogen and oxygen atoms in total. The van der Waals surface area contributed by atoms with Crippen molar-refractivity contribution in [2.75, 3.05) is 19.7 Å². The number of ether oxygens (including phenoxy) is 1. The van der Waals surface area contributed by atoms with Crippen LogP contribution in [0.5, 0.6) is 5.75 Å². The Bertz CT molecular complexity index is 1110. The van der Waals surface area contributed by atoms with Gasteiger partial charge >= 0.3 is 0 Å². The van der Waals surface area contributed by atoms with Crippen molar-refractivity contribution in [2.45, 2.75) is 31.3 Å². The van der Waals surface area contributed by atoms with E-state index < -0.39 is 0 Å². The van der Waals surface area contributed by atoms with Gasteiger partial charge in [0.2, 0.25) is 5.91 Å². The van der Waals surface area contributed by atoms with Gasteiger partial charge in [-0.15, -0.1) is 22.7 Å². The fraction of sp³-hybridized carbons (Fsp3) is 0.333. The molecule has 1 atom stereocenters. The Balaban J connectivity index is 1.34. The highest BCUT2D eigenvalue weighted by molar-refractivity contribution is 7.12. The maximum Gasteiger partial charge on any atom is 0.264 e. The molecule has 1 aliphatic heterocycles. The normalized spacial score (nSPS) is 17.7. The maximum atomic E-state index is 13.6. The van der Waals surface area contributed by atoms with Crippen LogP contribution in [0, 0.1) is 5.82 Å². The van der Waals surface area contributed by atoms with Crippen LogP contribution in [0.2, 0.25) is 0 Å². The van der Waals surface area contributed by atoms with Crippen LogP contribution in [0.3, 0.4) is 0 Å². The van der Waals surface area contributed by atoms with Crippen LogP contribution < -0.4 is 4.74 Å². The first-order valence-corrected chi connectivity index (χ1v) is 12.4. The molecule has 2 aliphatic rings. The third kappa shape index (κ3) is 4.42. The van der Waals surface area contributed by atoms with E-state index in [1.807, 2.05) is 27.8 Å². The van der Waals surface area contributed by atoms with Crippen LogP contribution >= 0.6 is 22.7 Å². The van der Waals surface area contributed by atoms with Gasteiger partial charge in [0.1, 0.15) is 24.7 Å². The Kier molecular flexibility index (Phi) is 5.97. The monoisotopic (exact) mass is 470 g/mol. The number of fused-ring (bicyclic) bond motifs is 1. The molecular formula is C24H23FN2O3S2. The van der Waals surface area contributed by atoms with Gasteiger partial charge in [0.25, 0.3) is 5.91 Å². The Hall–Kier alpha value is -2.71. The van der Waals surface area contributed by atoms with Crippen LogP contribution in [0.1, 0.15) is 39.0 Å². The molecule has 0 bridgehead atoms. The molecule has 3 heterocycles. The molecule has 0 spiro atoms. The number of amides is 2. The van der Waals surface area contributed by atoms with Crippen LogP contribution in [-0.2, 0) is 11.2 Å². The smallest absolute Gasteiger partial charge is 0.264 e. The lowest BCUT2D eigenvalue weighted by molar-refractivity contribution is -0.135. The number of thiophene rings is 2. The lowest BCUT2D eigenvalue weighted by Crippen LogP contribution is -2.48. The molecule has 1 aromatic carbocycles. The molecule has 8 heteroatoms. The van der Waals surface area contributed by atoms with Crippen molar-refractivity contribution >= 4 is 34.5 Å². The van der Waals surface area contributed by atoms with Crippen molar-refractivity contribution in [3.05, 3.63) is 74.4 Å². The Labute approximate surface area is 194 Å². The molecule has 0 unspecified atom stereocenters. The topological polar surface area (TPSA) is 49.9 Å². The van der Waals surface area contributed by atoms with E-state index in [1.165, 1.54) is 28.3 Å². The highest BCUT2D eigenvalue weighted by atomic mass is 32.1. The van der Waals surface area contributed by atoms with Gasteiger partial charge in [-0.1, -0.05) is 12.1 Å². The number of halogens is 1. The zero-order valence-electron chi connectivity index (χ0n) is 17.4. The zero-order valence-corrected chi connectivity index (χ0v) is 19.0. The second-order valence-electron chi connectivity index (χ2n) is 8.06. The quantitative estimate of drug-likeness (QED) is 0.500. The van der Waals surface area contributed by atoms with Crippen LogP contribution in [0.15, 0.2) is 53.2 Å². The molecule has 0 N–H and O–H groups in total. The summed E-state index contributed by atoms with van der Waals surface area (Å²) in [6.45, 7) is 0.883. The molecular weight excluding hydrogens is 447 g/mol. The van der Waals surface area contributed by atoms with Gasteiger partial charge in [-0.3, -0.25) is 9.59 Å². The second kappa shape index (κ2) is 9.03. The van der Waals surface area contributed by atoms with Gasteiger partial charge in [0, 0.05) is 23.5 Å². The standard InChI is InChI=1S/C24H23FN2O3S2/c25-16-3-1-4-18(13-16)30-15-20-19-9-12-32-21(19)8-10-26(20)23(28)14-27(17-6-7-17)24(29)22-5-2-11-31-22/h1-5,9,11-13,17,20H,6-8,10,14-15H2/t20-/m0/s1. The summed E-state index contributed by atoms with van der Waals surface area (Å²) >= 11 is 3.08. The first kappa shape index (κ1) is 21.2. The lowest BCUT2D eigenvalue weighted by Gasteiger charge is -2.37. The van der Waals surface area contributed by atoms with Gasteiger partial charge in [0.15, 0.2) is 0 Å². The van der Waals surface area contributed by atoms with E-state index >= 15 is 0 Å². The molecule has 5 rings (SSSR count). The largest absolute Gasteiger partial charge is 0.491 e. The summed E-state index contributed by atoms with van der Waals surface area (Å²) in [5.41, 5.74) is 1.08. The molecule has 1 fully saturated rings. The summed E-state index contributed by atoms with van der Waals surface area (Å²) in [4.78, 5) is 31.9. The molecule has 3 aromatic rings. The SMILES string of the molecule is O=C(c1cccs1)N(CC(=O)N1CCc2sccc2[C@@H]1COc1cccc(F)c1)C1CC1. The number of benzene rings is 1. The molecule has 32 heavy (non-hydrogen) atoms. The van der Waals surface area contributed by atoms with Gasteiger partial charge in [-0.05, 0) is 59.9 Å². The molecule has 2 aromatic heterocycles. The molecule has 1 saturated carbocycles. The second-order valence-corrected chi connectivity index (χ2v) is 10.0. The van der Waals surface area contributed by atoms with E-state index in [0.29, 0.717) is 17.2 Å². The number of hydrogen-bond donors (Lipinski definition) is 0. The van der Waals surface area contributed by atoms with Gasteiger partial charge in [-0.25, -0.2) is 4.39 Å². The minimum atomic E-state index is -0.359. The number of hydrogen-bond acceptors (Lipinski definition) is 5. The third-order valence-corrected chi connectivity index (χ3v) is 7.76. The van der Waals surface area contributed by atoms with E-state index in [4.69, 9.17) is 4.74 Å². The van der Waals surface area contributed by atoms with Gasteiger partial charge < -0.3 is 14.5 Å². The predicted molar refractivity (Wildman–Crippen MR) is 123 cm³/mol. The fourth-order valence-electron chi connectivity index (χ4n) is 4.14. The van der Waals surface area contributed by atoms with E-state index in [0.717, 1.165) is 24.8 Å². The minimum Gasteiger partial charge on any atom is -0.491 e. The number of nitrogens with zero attached hydrogens (tertiary/aromatic N) is 2. The minimum absolute atomic E-state index is 0.0668. The van der Waals surface area contributed by atoms with Crippen molar-refractivity contribution in [2.24, 2.45) is 0 Å². The van der Waals surface area contributed by atoms with E-state index in [1.54, 1.807) is 34.4 Å². The summed E-state index contributed by atoms with van der Waals surface area (Å²) in [6.07, 6.45) is 2.66. The fourth-order valence-corrected chi connectivity index (χ4v) is 5.74. The summed E-state index contributed by atoms with van der Waals surface area (Å²) in [5, 5.41) is 3.91. The van der Waals surface area contributed by atoms with Crippen molar-refractivity contribution in [1.29, 1.82) is 0 Å². The van der Waals surface area contributed by atoms with Crippen molar-refractivity contribution < 1.29 is 18.7 Å². The average molecular weight is 471 g/mol. The summed E-state index contributed by atoms with van der Waals surface area (Å²) < 4.78 is 19.5. The van der Waals surface area contributed by atoms with Gasteiger partial charge in [0.05, 0.1) is 10.9 Å². The van der Waals surface area contributed by atoms with E-state index in [2.05, 4.69) is 0 Å². The summed E-state index contributed by atoms with van der Waals surface area (Å²) in [7, 11) is 0. The molecule has 166 valence electrons. The Morgan fingerprint density at radius 3 is 2.75 bits per heavy atom. The predicted octanol–water partition coefficient (Wildman–Crippen LogP) is 4.76. The highest BCUT2D eigenvalue weighted by Crippen LogP contribution is 2.35. The summed E-state index contributed by atoms with van der Waals surface area (Å²) in [5.74, 6) is -0.0714. The number of carbonyl (C=O) groups is 2. The Morgan fingerprint density at radius 1 is 1.12 bits per heavy atom. The first-order chi connectivity index (χ1) is 15.6. The van der Waals surface area contributed by atoms with Crippen molar-refractivity contribution in [1.82, 2.24) is 9.80 Å². The van der Waals surface area contributed by atoms with Gasteiger partial charge in [-0.2, -0.15) is 0 Å². The first-order valence-electron chi connectivity index (χ1n) is 10.7. The van der Waals surface area contributed by atoms with Crippen molar-refractivity contribution in [3.8, 4) is 5.75 Å². The lowest BCUT2D eigenvalue weighted by atomic mass is 10.0. The highest BCUT2D eigenvalue weighted by Gasteiger charge is 2.38. The van der Waals surface area contributed by atoms with E-state index in [-0.39, 0.29) is 42.9 Å².